The van der Waals surface area contributed by atoms with Gasteiger partial charge in [0.2, 0.25) is 11.8 Å². The van der Waals surface area contributed by atoms with Gasteiger partial charge in [-0.1, -0.05) is 32.1 Å². The Morgan fingerprint density at radius 3 is 2.64 bits per heavy atom. The summed E-state index contributed by atoms with van der Waals surface area (Å²) in [5.41, 5.74) is 1.15. The Kier molecular flexibility index (Phi) is 8.37. The molecule has 0 aromatic carbocycles. The third kappa shape index (κ3) is 7.28. The van der Waals surface area contributed by atoms with Crippen molar-refractivity contribution in [1.29, 1.82) is 0 Å². The van der Waals surface area contributed by atoms with E-state index in [0.29, 0.717) is 18.8 Å². The summed E-state index contributed by atoms with van der Waals surface area (Å²) in [7, 11) is 0. The van der Waals surface area contributed by atoms with Crippen LogP contribution in [0.3, 0.4) is 0 Å². The van der Waals surface area contributed by atoms with Crippen molar-refractivity contribution in [2.75, 3.05) is 6.54 Å². The molecule has 0 radical (unpaired) electrons. The van der Waals surface area contributed by atoms with Crippen molar-refractivity contribution in [2.24, 2.45) is 11.8 Å². The summed E-state index contributed by atoms with van der Waals surface area (Å²) in [6.45, 7) is 0.760. The van der Waals surface area contributed by atoms with Crippen molar-refractivity contribution in [1.82, 2.24) is 20.8 Å². The molecule has 2 fully saturated rings. The molecule has 2 amide bonds. The summed E-state index contributed by atoms with van der Waals surface area (Å²) in [6.07, 6.45) is 17.3. The first-order chi connectivity index (χ1) is 13.7. The van der Waals surface area contributed by atoms with Gasteiger partial charge in [0.25, 0.3) is 0 Å². The number of aromatic amines is 1. The highest BCUT2D eigenvalue weighted by atomic mass is 16.2. The van der Waals surface area contributed by atoms with E-state index in [-0.39, 0.29) is 17.9 Å². The molecule has 2 saturated carbocycles. The Hall–Kier alpha value is -1.85. The lowest BCUT2D eigenvalue weighted by atomic mass is 9.85. The molecule has 3 N–H and O–H groups in total. The predicted molar refractivity (Wildman–Crippen MR) is 110 cm³/mol. The fourth-order valence-electron chi connectivity index (χ4n) is 4.76. The van der Waals surface area contributed by atoms with Gasteiger partial charge in [0.05, 0.1) is 6.20 Å². The second-order valence-electron chi connectivity index (χ2n) is 8.75. The maximum absolute atomic E-state index is 12.2. The molecular weight excluding hydrogens is 352 g/mol. The van der Waals surface area contributed by atoms with Gasteiger partial charge in [-0.2, -0.15) is 5.10 Å². The Morgan fingerprint density at radius 1 is 1.04 bits per heavy atom. The van der Waals surface area contributed by atoms with E-state index < -0.39 is 0 Å². The molecule has 6 heteroatoms. The number of aryl methyl sites for hydroxylation is 1. The quantitative estimate of drug-likeness (QED) is 0.573. The summed E-state index contributed by atoms with van der Waals surface area (Å²) in [5, 5.41) is 13.1. The number of carbonyl (C=O) groups excluding carboxylic acids is 2. The van der Waals surface area contributed by atoms with Crippen LogP contribution in [-0.4, -0.2) is 34.6 Å². The highest BCUT2D eigenvalue weighted by molar-refractivity contribution is 5.76. The number of aromatic nitrogens is 2. The van der Waals surface area contributed by atoms with Crippen LogP contribution in [0.2, 0.25) is 0 Å². The number of carbonyl (C=O) groups is 2. The molecule has 0 spiro atoms. The standard InChI is InChI=1S/C22H36N4O2/c27-21(12-11-17-5-1-2-6-17)23-14-18-7-3-9-20(13-18)26-22(28)10-4-8-19-15-24-25-16-19/h15-18,20H,1-14H2,(H,23,27)(H,24,25)(H,26,28)/t18-,20+/m1/s1. The maximum atomic E-state index is 12.2. The van der Waals surface area contributed by atoms with Gasteiger partial charge in [0.1, 0.15) is 0 Å². The van der Waals surface area contributed by atoms with Crippen molar-refractivity contribution < 1.29 is 9.59 Å². The zero-order chi connectivity index (χ0) is 19.6. The largest absolute Gasteiger partial charge is 0.356 e. The Bertz CT molecular complexity index is 596. The second-order valence-corrected chi connectivity index (χ2v) is 8.75. The molecule has 0 bridgehead atoms. The third-order valence-corrected chi connectivity index (χ3v) is 6.41. The zero-order valence-electron chi connectivity index (χ0n) is 17.0. The first-order valence-electron chi connectivity index (χ1n) is 11.2. The zero-order valence-corrected chi connectivity index (χ0v) is 17.0. The Morgan fingerprint density at radius 2 is 1.86 bits per heavy atom. The maximum Gasteiger partial charge on any atom is 0.220 e. The van der Waals surface area contributed by atoms with E-state index in [4.69, 9.17) is 0 Å². The molecule has 6 nitrogen and oxygen atoms in total. The van der Waals surface area contributed by atoms with Gasteiger partial charge in [-0.15, -0.1) is 0 Å². The van der Waals surface area contributed by atoms with Crippen LogP contribution in [0, 0.1) is 11.8 Å². The summed E-state index contributed by atoms with van der Waals surface area (Å²) >= 11 is 0. The first-order valence-corrected chi connectivity index (χ1v) is 11.2. The minimum Gasteiger partial charge on any atom is -0.356 e. The van der Waals surface area contributed by atoms with Gasteiger partial charge >= 0.3 is 0 Å². The number of nitrogens with zero attached hydrogens (tertiary/aromatic N) is 1. The normalized spacial score (nSPS) is 22.9. The number of hydrogen-bond acceptors (Lipinski definition) is 3. The van der Waals surface area contributed by atoms with E-state index >= 15 is 0 Å². The average molecular weight is 389 g/mol. The van der Waals surface area contributed by atoms with Crippen molar-refractivity contribution in [3.63, 3.8) is 0 Å². The van der Waals surface area contributed by atoms with Crippen LogP contribution in [0.1, 0.15) is 82.6 Å². The van der Waals surface area contributed by atoms with Crippen molar-refractivity contribution in [2.45, 2.75) is 89.5 Å². The van der Waals surface area contributed by atoms with E-state index in [1.807, 2.05) is 12.4 Å². The van der Waals surface area contributed by atoms with Crippen LogP contribution >= 0.6 is 0 Å². The van der Waals surface area contributed by atoms with E-state index in [1.54, 1.807) is 0 Å². The van der Waals surface area contributed by atoms with Gasteiger partial charge < -0.3 is 10.6 Å². The molecule has 1 aromatic rings. The highest BCUT2D eigenvalue weighted by Crippen LogP contribution is 2.28. The van der Waals surface area contributed by atoms with Crippen molar-refractivity contribution in [3.8, 4) is 0 Å². The van der Waals surface area contributed by atoms with Gasteiger partial charge in [0.15, 0.2) is 0 Å². The monoisotopic (exact) mass is 388 g/mol. The molecule has 0 unspecified atom stereocenters. The van der Waals surface area contributed by atoms with Gasteiger partial charge in [0, 0.05) is 31.6 Å². The Labute approximate surface area is 168 Å². The summed E-state index contributed by atoms with van der Waals surface area (Å²) in [6, 6.07) is 0.260. The smallest absolute Gasteiger partial charge is 0.220 e. The Balaban J connectivity index is 1.27. The summed E-state index contributed by atoms with van der Waals surface area (Å²) in [5.74, 6) is 1.61. The van der Waals surface area contributed by atoms with Crippen LogP contribution in [0.5, 0.6) is 0 Å². The van der Waals surface area contributed by atoms with Crippen LogP contribution in [-0.2, 0) is 16.0 Å². The fourth-order valence-corrected chi connectivity index (χ4v) is 4.76. The molecular formula is C22H36N4O2. The molecule has 0 saturated heterocycles. The minimum absolute atomic E-state index is 0.148. The van der Waals surface area contributed by atoms with Crippen LogP contribution in [0.15, 0.2) is 12.4 Å². The lowest BCUT2D eigenvalue weighted by Gasteiger charge is -2.30. The molecule has 2 aliphatic rings. The highest BCUT2D eigenvalue weighted by Gasteiger charge is 2.24. The molecule has 1 heterocycles. The number of amides is 2. The van der Waals surface area contributed by atoms with E-state index in [0.717, 1.165) is 63.0 Å². The molecule has 2 atom stereocenters. The van der Waals surface area contributed by atoms with Crippen LogP contribution in [0.4, 0.5) is 0 Å². The van der Waals surface area contributed by atoms with Crippen molar-refractivity contribution in [3.05, 3.63) is 18.0 Å². The van der Waals surface area contributed by atoms with E-state index in [9.17, 15) is 9.59 Å². The predicted octanol–water partition coefficient (Wildman–Crippen LogP) is 3.49. The molecule has 3 rings (SSSR count). The number of nitrogens with one attached hydrogen (secondary N) is 3. The summed E-state index contributed by atoms with van der Waals surface area (Å²) in [4.78, 5) is 24.3. The third-order valence-electron chi connectivity index (χ3n) is 6.41. The second kappa shape index (κ2) is 11.2. The van der Waals surface area contributed by atoms with Gasteiger partial charge in [-0.3, -0.25) is 14.7 Å². The van der Waals surface area contributed by atoms with Crippen LogP contribution in [0.25, 0.3) is 0 Å². The molecule has 1 aromatic heterocycles. The van der Waals surface area contributed by atoms with Gasteiger partial charge in [-0.25, -0.2) is 0 Å². The number of H-pyrrole nitrogens is 1. The summed E-state index contributed by atoms with van der Waals surface area (Å²) < 4.78 is 0. The number of rotatable bonds is 10. The molecule has 2 aliphatic carbocycles. The molecule has 156 valence electrons. The molecule has 0 aliphatic heterocycles. The average Bonchev–Trinajstić information content (AvgIpc) is 3.39. The lowest BCUT2D eigenvalue weighted by Crippen LogP contribution is -2.41. The first kappa shape index (κ1) is 20.9. The fraction of sp³-hybridized carbons (Fsp3) is 0.773. The number of hydrogen-bond donors (Lipinski definition) is 3. The minimum atomic E-state index is 0.148. The van der Waals surface area contributed by atoms with Crippen LogP contribution < -0.4 is 10.6 Å². The van der Waals surface area contributed by atoms with E-state index in [1.165, 1.54) is 25.7 Å². The molecule has 28 heavy (non-hydrogen) atoms. The lowest BCUT2D eigenvalue weighted by molar-refractivity contribution is -0.123. The van der Waals surface area contributed by atoms with Gasteiger partial charge in [-0.05, 0) is 55.9 Å². The topological polar surface area (TPSA) is 86.9 Å². The SMILES string of the molecule is O=C(CCC1CCCC1)NC[C@@H]1CCC[C@H](NC(=O)CCCc2cn[nH]c2)C1. The van der Waals surface area contributed by atoms with E-state index in [2.05, 4.69) is 20.8 Å². The van der Waals surface area contributed by atoms with Crippen molar-refractivity contribution >= 4 is 11.8 Å².